The van der Waals surface area contributed by atoms with E-state index in [4.69, 9.17) is 8.85 Å². The molecule has 2 aliphatic carbocycles. The molecule has 0 heterocycles. The van der Waals surface area contributed by atoms with Crippen LogP contribution in [0.15, 0.2) is 30.3 Å². The van der Waals surface area contributed by atoms with Gasteiger partial charge in [0.1, 0.15) is 0 Å². The highest BCUT2D eigenvalue weighted by Gasteiger charge is 2.26. The van der Waals surface area contributed by atoms with Gasteiger partial charge < -0.3 is 8.85 Å². The highest BCUT2D eigenvalue weighted by atomic mass is 28.3. The molecule has 0 unspecified atom stereocenters. The van der Waals surface area contributed by atoms with Gasteiger partial charge >= 0.3 is 9.28 Å². The van der Waals surface area contributed by atoms with E-state index < -0.39 is 9.28 Å². The first kappa shape index (κ1) is 17.2. The molecule has 128 valence electrons. The Morgan fingerprint density at radius 2 is 1.04 bits per heavy atom. The van der Waals surface area contributed by atoms with Gasteiger partial charge in [0.15, 0.2) is 0 Å². The Balaban J connectivity index is 1.65. The van der Waals surface area contributed by atoms with Gasteiger partial charge in [-0.15, -0.1) is 0 Å². The van der Waals surface area contributed by atoms with E-state index in [0.717, 1.165) is 0 Å². The third kappa shape index (κ3) is 5.73. The van der Waals surface area contributed by atoms with Crippen molar-refractivity contribution in [3.8, 4) is 0 Å². The zero-order chi connectivity index (χ0) is 15.7. The van der Waals surface area contributed by atoms with Crippen molar-refractivity contribution in [2.24, 2.45) is 0 Å². The SMILES string of the molecule is c1ccc([SiH](OC2CCCCCC2)OC2CCCCCC2)cc1. The molecule has 0 N–H and O–H groups in total. The van der Waals surface area contributed by atoms with Crippen LogP contribution in [0, 0.1) is 0 Å². The lowest BCUT2D eigenvalue weighted by molar-refractivity contribution is 0.0926. The van der Waals surface area contributed by atoms with Crippen LogP contribution < -0.4 is 5.19 Å². The maximum absolute atomic E-state index is 6.62. The van der Waals surface area contributed by atoms with Crippen molar-refractivity contribution in [2.45, 2.75) is 89.3 Å². The van der Waals surface area contributed by atoms with E-state index >= 15 is 0 Å². The first-order chi connectivity index (χ1) is 11.4. The number of rotatable bonds is 5. The van der Waals surface area contributed by atoms with Gasteiger partial charge in [-0.05, 0) is 30.9 Å². The summed E-state index contributed by atoms with van der Waals surface area (Å²) in [4.78, 5) is 0. The zero-order valence-corrected chi connectivity index (χ0v) is 15.6. The Bertz CT molecular complexity index is 399. The quantitative estimate of drug-likeness (QED) is 0.580. The topological polar surface area (TPSA) is 18.5 Å². The second kappa shape index (κ2) is 9.60. The molecule has 1 aromatic carbocycles. The van der Waals surface area contributed by atoms with Crippen LogP contribution in [0.5, 0.6) is 0 Å². The van der Waals surface area contributed by atoms with Crippen molar-refractivity contribution in [1.82, 2.24) is 0 Å². The van der Waals surface area contributed by atoms with Gasteiger partial charge in [-0.2, -0.15) is 0 Å². The molecule has 1 aromatic rings. The molecule has 3 heteroatoms. The van der Waals surface area contributed by atoms with Gasteiger partial charge in [-0.1, -0.05) is 81.7 Å². The molecule has 0 aromatic heterocycles. The smallest absolute Gasteiger partial charge is 0.356 e. The lowest BCUT2D eigenvalue weighted by Gasteiger charge is -2.27. The molecule has 2 aliphatic rings. The summed E-state index contributed by atoms with van der Waals surface area (Å²) in [6, 6.07) is 10.8. The Kier molecular flexibility index (Phi) is 7.18. The first-order valence-electron chi connectivity index (χ1n) is 9.78. The van der Waals surface area contributed by atoms with E-state index in [-0.39, 0.29) is 0 Å². The van der Waals surface area contributed by atoms with Crippen molar-refractivity contribution in [1.29, 1.82) is 0 Å². The summed E-state index contributed by atoms with van der Waals surface area (Å²) in [6.45, 7) is 0. The van der Waals surface area contributed by atoms with Crippen LogP contribution in [0.1, 0.15) is 77.0 Å². The molecule has 3 rings (SSSR count). The first-order valence-corrected chi connectivity index (χ1v) is 11.3. The number of benzene rings is 1. The third-order valence-corrected chi connectivity index (χ3v) is 7.50. The van der Waals surface area contributed by atoms with Crippen molar-refractivity contribution < 1.29 is 8.85 Å². The number of hydrogen-bond acceptors (Lipinski definition) is 2. The molecule has 0 radical (unpaired) electrons. The van der Waals surface area contributed by atoms with Gasteiger partial charge in [-0.25, -0.2) is 0 Å². The van der Waals surface area contributed by atoms with Crippen LogP contribution >= 0.6 is 0 Å². The maximum atomic E-state index is 6.62. The molecule has 23 heavy (non-hydrogen) atoms. The van der Waals surface area contributed by atoms with Crippen LogP contribution in [0.3, 0.4) is 0 Å². The molecular formula is C20H32O2Si. The number of hydrogen-bond donors (Lipinski definition) is 0. The third-order valence-electron chi connectivity index (χ3n) is 5.31. The predicted molar refractivity (Wildman–Crippen MR) is 98.4 cm³/mol. The van der Waals surface area contributed by atoms with Gasteiger partial charge in [0.2, 0.25) is 0 Å². The van der Waals surface area contributed by atoms with Crippen molar-refractivity contribution >= 4 is 14.5 Å². The monoisotopic (exact) mass is 332 g/mol. The lowest BCUT2D eigenvalue weighted by Crippen LogP contribution is -2.42. The normalized spacial score (nSPS) is 22.0. The minimum atomic E-state index is -1.78. The second-order valence-electron chi connectivity index (χ2n) is 7.24. The fourth-order valence-corrected chi connectivity index (χ4v) is 6.06. The van der Waals surface area contributed by atoms with Gasteiger partial charge in [0.25, 0.3) is 0 Å². The summed E-state index contributed by atoms with van der Waals surface area (Å²) in [5.41, 5.74) is 0. The van der Waals surface area contributed by atoms with E-state index in [1.54, 1.807) is 0 Å². The maximum Gasteiger partial charge on any atom is 0.356 e. The average molecular weight is 333 g/mol. The van der Waals surface area contributed by atoms with E-state index in [0.29, 0.717) is 12.2 Å². The summed E-state index contributed by atoms with van der Waals surface area (Å²) in [5.74, 6) is 0. The van der Waals surface area contributed by atoms with Crippen LogP contribution in [0.4, 0.5) is 0 Å². The molecular weight excluding hydrogens is 300 g/mol. The standard InChI is InChI=1S/C20H32O2Si/c1-2-7-13-18(12-6-1)21-23(20-16-10-5-11-17-20)22-19-14-8-3-4-9-15-19/h5,10-11,16-19,23H,1-4,6-9,12-15H2. The second-order valence-corrected chi connectivity index (χ2v) is 9.12. The van der Waals surface area contributed by atoms with Gasteiger partial charge in [0, 0.05) is 12.2 Å². The largest absolute Gasteiger partial charge is 0.390 e. The summed E-state index contributed by atoms with van der Waals surface area (Å²) >= 11 is 0. The Morgan fingerprint density at radius 3 is 1.48 bits per heavy atom. The van der Waals surface area contributed by atoms with Crippen LogP contribution in [0.2, 0.25) is 0 Å². The highest BCUT2D eigenvalue weighted by molar-refractivity contribution is 6.61. The molecule has 0 amide bonds. The fraction of sp³-hybridized carbons (Fsp3) is 0.700. The summed E-state index contributed by atoms with van der Waals surface area (Å²) in [7, 11) is -1.78. The van der Waals surface area contributed by atoms with Crippen LogP contribution in [-0.2, 0) is 8.85 Å². The van der Waals surface area contributed by atoms with Gasteiger partial charge in [0.05, 0.1) is 0 Å². The minimum absolute atomic E-state index is 0.431. The van der Waals surface area contributed by atoms with Crippen molar-refractivity contribution in [3.05, 3.63) is 30.3 Å². The highest BCUT2D eigenvalue weighted by Crippen LogP contribution is 2.23. The van der Waals surface area contributed by atoms with E-state index in [9.17, 15) is 0 Å². The molecule has 0 aliphatic heterocycles. The van der Waals surface area contributed by atoms with Crippen LogP contribution in [0.25, 0.3) is 0 Å². The van der Waals surface area contributed by atoms with Gasteiger partial charge in [-0.3, -0.25) is 0 Å². The Morgan fingerprint density at radius 1 is 0.609 bits per heavy atom. The average Bonchev–Trinajstić information content (AvgIpc) is 3.00. The summed E-state index contributed by atoms with van der Waals surface area (Å²) in [6.07, 6.45) is 16.6. The summed E-state index contributed by atoms with van der Waals surface area (Å²) < 4.78 is 13.2. The molecule has 0 saturated heterocycles. The zero-order valence-electron chi connectivity index (χ0n) is 14.4. The molecule has 2 fully saturated rings. The molecule has 0 spiro atoms. The Labute approximate surface area is 143 Å². The van der Waals surface area contributed by atoms with E-state index in [2.05, 4.69) is 30.3 Å². The summed E-state index contributed by atoms with van der Waals surface area (Å²) in [5, 5.41) is 1.32. The molecule has 2 nitrogen and oxygen atoms in total. The van der Waals surface area contributed by atoms with Crippen molar-refractivity contribution in [2.75, 3.05) is 0 Å². The van der Waals surface area contributed by atoms with Crippen LogP contribution in [-0.4, -0.2) is 21.5 Å². The minimum Gasteiger partial charge on any atom is -0.390 e. The lowest BCUT2D eigenvalue weighted by atomic mass is 10.2. The molecule has 0 bridgehead atoms. The van der Waals surface area contributed by atoms with Crippen molar-refractivity contribution in [3.63, 3.8) is 0 Å². The van der Waals surface area contributed by atoms with E-state index in [1.807, 2.05) is 0 Å². The predicted octanol–water partition coefficient (Wildman–Crippen LogP) is 4.59. The fourth-order valence-electron chi connectivity index (χ4n) is 3.90. The molecule has 0 atom stereocenters. The Hall–Kier alpha value is -0.643. The van der Waals surface area contributed by atoms with E-state index in [1.165, 1.54) is 82.2 Å². The molecule has 2 saturated carbocycles.